The van der Waals surface area contributed by atoms with Crippen LogP contribution in [0.25, 0.3) is 0 Å². The first-order valence-electron chi connectivity index (χ1n) is 10.5. The first-order valence-corrected chi connectivity index (χ1v) is 10.9. The standard InChI is InChI=1S/C22H28ClN3O5/c1-2-31-22(23)11-9-15(10-12-22)14-24-21(28)19-13-17(26(29)30)5-8-20(19)25-16-3-6-18(27)7-4-16/h5,8-13,15-16,18,25,27H,2-4,6-7,14H2,1H3,(H,24,28). The first-order chi connectivity index (χ1) is 14.8. The maximum absolute atomic E-state index is 12.9. The number of benzene rings is 1. The van der Waals surface area contributed by atoms with E-state index in [-0.39, 0.29) is 29.3 Å². The van der Waals surface area contributed by atoms with Crippen LogP contribution in [0.15, 0.2) is 42.5 Å². The van der Waals surface area contributed by atoms with Gasteiger partial charge in [-0.2, -0.15) is 0 Å². The Morgan fingerprint density at radius 1 is 1.29 bits per heavy atom. The van der Waals surface area contributed by atoms with E-state index < -0.39 is 15.9 Å². The van der Waals surface area contributed by atoms with E-state index in [2.05, 4.69) is 10.6 Å². The Bertz CT molecular complexity index is 851. The summed E-state index contributed by atoms with van der Waals surface area (Å²) in [5, 5.41) is 26.1. The molecule has 0 saturated heterocycles. The van der Waals surface area contributed by atoms with Gasteiger partial charge in [0, 0.05) is 42.9 Å². The van der Waals surface area contributed by atoms with Crippen molar-refractivity contribution in [3.05, 3.63) is 58.2 Å². The number of nitrogens with zero attached hydrogens (tertiary/aromatic N) is 1. The van der Waals surface area contributed by atoms with Gasteiger partial charge in [0.05, 0.1) is 16.6 Å². The molecule has 2 aliphatic rings. The average Bonchev–Trinajstić information content (AvgIpc) is 2.75. The highest BCUT2D eigenvalue weighted by molar-refractivity contribution is 6.25. The molecule has 9 heteroatoms. The number of hydrogen-bond acceptors (Lipinski definition) is 6. The summed E-state index contributed by atoms with van der Waals surface area (Å²) in [4.78, 5) is 23.6. The minimum absolute atomic E-state index is 0.0637. The molecule has 0 unspecified atom stereocenters. The number of non-ortho nitro benzene ring substituents is 1. The van der Waals surface area contributed by atoms with Gasteiger partial charge in [-0.05, 0) is 50.8 Å². The van der Waals surface area contributed by atoms with E-state index in [1.807, 2.05) is 19.1 Å². The minimum atomic E-state index is -0.958. The van der Waals surface area contributed by atoms with E-state index in [9.17, 15) is 20.0 Å². The monoisotopic (exact) mass is 449 g/mol. The van der Waals surface area contributed by atoms with Crippen LogP contribution >= 0.6 is 11.6 Å². The van der Waals surface area contributed by atoms with Crippen LogP contribution in [-0.4, -0.2) is 46.3 Å². The number of aliphatic hydroxyl groups excluding tert-OH is 1. The average molecular weight is 450 g/mol. The van der Waals surface area contributed by atoms with Gasteiger partial charge in [-0.1, -0.05) is 23.8 Å². The fourth-order valence-corrected chi connectivity index (χ4v) is 4.04. The zero-order chi connectivity index (χ0) is 22.4. The van der Waals surface area contributed by atoms with Crippen molar-refractivity contribution in [3.8, 4) is 0 Å². The molecule has 1 aromatic carbocycles. The molecule has 1 fully saturated rings. The van der Waals surface area contributed by atoms with Crippen molar-refractivity contribution in [2.75, 3.05) is 18.5 Å². The number of halogens is 1. The van der Waals surface area contributed by atoms with Gasteiger partial charge in [-0.3, -0.25) is 14.9 Å². The Balaban J connectivity index is 1.68. The van der Waals surface area contributed by atoms with Crippen molar-refractivity contribution in [1.82, 2.24) is 5.32 Å². The van der Waals surface area contributed by atoms with Crippen LogP contribution in [0.3, 0.4) is 0 Å². The fourth-order valence-electron chi connectivity index (χ4n) is 3.79. The van der Waals surface area contributed by atoms with E-state index in [0.717, 1.165) is 12.8 Å². The Morgan fingerprint density at radius 2 is 1.97 bits per heavy atom. The molecule has 0 bridgehead atoms. The summed E-state index contributed by atoms with van der Waals surface area (Å²) < 4.78 is 5.46. The van der Waals surface area contributed by atoms with Crippen molar-refractivity contribution < 1.29 is 19.6 Å². The molecule has 168 valence electrons. The molecular formula is C22H28ClN3O5. The third kappa shape index (κ3) is 6.29. The van der Waals surface area contributed by atoms with Crippen LogP contribution < -0.4 is 10.6 Å². The highest BCUT2D eigenvalue weighted by Crippen LogP contribution is 2.28. The molecule has 0 heterocycles. The Kier molecular flexibility index (Phi) is 7.69. The molecule has 0 aromatic heterocycles. The predicted octanol–water partition coefficient (Wildman–Crippen LogP) is 3.75. The molecule has 2 aliphatic carbocycles. The van der Waals surface area contributed by atoms with E-state index in [1.165, 1.54) is 12.1 Å². The van der Waals surface area contributed by atoms with E-state index in [0.29, 0.717) is 31.7 Å². The molecule has 1 aromatic rings. The van der Waals surface area contributed by atoms with Gasteiger partial charge in [-0.25, -0.2) is 0 Å². The SMILES string of the molecule is CCOC1(Cl)C=CC(CNC(=O)c2cc([N+](=O)[O-])ccc2NC2CCC(O)CC2)C=C1. The number of nitro benzene ring substituents is 1. The van der Waals surface area contributed by atoms with Crippen LogP contribution in [0.2, 0.25) is 0 Å². The molecule has 31 heavy (non-hydrogen) atoms. The van der Waals surface area contributed by atoms with E-state index in [1.54, 1.807) is 18.2 Å². The van der Waals surface area contributed by atoms with Crippen LogP contribution in [-0.2, 0) is 4.74 Å². The van der Waals surface area contributed by atoms with Gasteiger partial charge in [-0.15, -0.1) is 0 Å². The number of amides is 1. The van der Waals surface area contributed by atoms with Crippen LogP contribution in [0, 0.1) is 16.0 Å². The second-order valence-corrected chi connectivity index (χ2v) is 8.45. The number of carbonyl (C=O) groups excluding carboxylic acids is 1. The maximum Gasteiger partial charge on any atom is 0.270 e. The number of ether oxygens (including phenoxy) is 1. The number of rotatable bonds is 8. The molecule has 1 saturated carbocycles. The highest BCUT2D eigenvalue weighted by atomic mass is 35.5. The number of nitro groups is 1. The van der Waals surface area contributed by atoms with Crippen molar-refractivity contribution in [2.24, 2.45) is 5.92 Å². The number of nitrogens with one attached hydrogen (secondary N) is 2. The van der Waals surface area contributed by atoms with Crippen molar-refractivity contribution >= 4 is 28.9 Å². The molecule has 8 nitrogen and oxygen atoms in total. The van der Waals surface area contributed by atoms with Crippen molar-refractivity contribution in [3.63, 3.8) is 0 Å². The largest absolute Gasteiger partial charge is 0.393 e. The van der Waals surface area contributed by atoms with Crippen molar-refractivity contribution in [1.29, 1.82) is 0 Å². The molecular weight excluding hydrogens is 422 g/mol. The zero-order valence-corrected chi connectivity index (χ0v) is 18.2. The van der Waals surface area contributed by atoms with E-state index >= 15 is 0 Å². The summed E-state index contributed by atoms with van der Waals surface area (Å²) >= 11 is 6.30. The summed E-state index contributed by atoms with van der Waals surface area (Å²) in [7, 11) is 0. The predicted molar refractivity (Wildman–Crippen MR) is 119 cm³/mol. The van der Waals surface area contributed by atoms with Crippen LogP contribution in [0.5, 0.6) is 0 Å². The molecule has 0 aliphatic heterocycles. The fraction of sp³-hybridized carbons (Fsp3) is 0.500. The molecule has 3 rings (SSSR count). The summed E-state index contributed by atoms with van der Waals surface area (Å²) in [5.74, 6) is -0.456. The van der Waals surface area contributed by atoms with E-state index in [4.69, 9.17) is 16.3 Å². The third-order valence-electron chi connectivity index (χ3n) is 5.52. The number of alkyl halides is 1. The first kappa shape index (κ1) is 23.2. The second kappa shape index (κ2) is 10.3. The lowest BCUT2D eigenvalue weighted by molar-refractivity contribution is -0.384. The number of anilines is 1. The molecule has 0 atom stereocenters. The van der Waals surface area contributed by atoms with Gasteiger partial charge < -0.3 is 20.5 Å². The molecule has 0 spiro atoms. The van der Waals surface area contributed by atoms with Crippen molar-refractivity contribution in [2.45, 2.75) is 49.8 Å². The highest BCUT2D eigenvalue weighted by Gasteiger charge is 2.25. The minimum Gasteiger partial charge on any atom is -0.393 e. The Hall–Kier alpha value is -2.42. The Morgan fingerprint density at radius 3 is 2.58 bits per heavy atom. The summed E-state index contributed by atoms with van der Waals surface area (Å²) in [5.41, 5.74) is 0.635. The van der Waals surface area contributed by atoms with Gasteiger partial charge >= 0.3 is 0 Å². The van der Waals surface area contributed by atoms with Gasteiger partial charge in [0.2, 0.25) is 0 Å². The molecule has 1 amide bonds. The van der Waals surface area contributed by atoms with Crippen LogP contribution in [0.1, 0.15) is 43.0 Å². The summed E-state index contributed by atoms with van der Waals surface area (Å²) in [6.07, 6.45) is 9.86. The topological polar surface area (TPSA) is 114 Å². The van der Waals surface area contributed by atoms with Gasteiger partial charge in [0.1, 0.15) is 0 Å². The number of carbonyl (C=O) groups is 1. The smallest absolute Gasteiger partial charge is 0.270 e. The lowest BCUT2D eigenvalue weighted by Crippen LogP contribution is -2.32. The normalized spacial score (nSPS) is 27.6. The molecule has 3 N–H and O–H groups in total. The third-order valence-corrected chi connectivity index (χ3v) is 5.88. The molecule has 0 radical (unpaired) electrons. The summed E-state index contributed by atoms with van der Waals surface area (Å²) in [6.45, 7) is 2.66. The van der Waals surface area contributed by atoms with Gasteiger partial charge in [0.15, 0.2) is 5.06 Å². The maximum atomic E-state index is 12.9. The number of hydrogen-bond donors (Lipinski definition) is 3. The lowest BCUT2D eigenvalue weighted by atomic mass is 9.92. The van der Waals surface area contributed by atoms with Crippen LogP contribution in [0.4, 0.5) is 11.4 Å². The Labute approximate surface area is 186 Å². The number of aliphatic hydroxyl groups is 1. The van der Waals surface area contributed by atoms with Gasteiger partial charge in [0.25, 0.3) is 11.6 Å². The second-order valence-electron chi connectivity index (χ2n) is 7.86. The quantitative estimate of drug-likeness (QED) is 0.241. The lowest BCUT2D eigenvalue weighted by Gasteiger charge is -2.28. The zero-order valence-electron chi connectivity index (χ0n) is 17.4. The summed E-state index contributed by atoms with van der Waals surface area (Å²) in [6, 6.07) is 4.36.